The number of amides is 2. The van der Waals surface area contributed by atoms with E-state index in [0.717, 1.165) is 28.3 Å². The van der Waals surface area contributed by atoms with Gasteiger partial charge in [-0.15, -0.1) is 11.8 Å². The van der Waals surface area contributed by atoms with Gasteiger partial charge in [-0.05, 0) is 37.8 Å². The van der Waals surface area contributed by atoms with Crippen LogP contribution in [-0.2, 0) is 9.63 Å². The van der Waals surface area contributed by atoms with Crippen LogP contribution < -0.4 is 15.7 Å². The molecule has 4 rings (SSSR count). The van der Waals surface area contributed by atoms with Crippen LogP contribution in [0.3, 0.4) is 0 Å². The molecule has 0 saturated heterocycles. The van der Waals surface area contributed by atoms with E-state index in [1.54, 1.807) is 11.1 Å². The number of thiazole rings is 1. The number of benzene rings is 1. The Morgan fingerprint density at radius 3 is 2.91 bits per heavy atom. The first-order chi connectivity index (χ1) is 15.5. The van der Waals surface area contributed by atoms with Gasteiger partial charge in [-0.1, -0.05) is 36.3 Å². The lowest BCUT2D eigenvalue weighted by atomic mass is 10.1. The molecule has 1 fully saturated rings. The van der Waals surface area contributed by atoms with E-state index < -0.39 is 12.2 Å². The molecule has 1 atom stereocenters. The summed E-state index contributed by atoms with van der Waals surface area (Å²) in [6.07, 6.45) is 5.73. The minimum Gasteiger partial charge on any atom is -0.481 e. The quantitative estimate of drug-likeness (QED) is 0.481. The van der Waals surface area contributed by atoms with E-state index in [2.05, 4.69) is 20.8 Å². The minimum atomic E-state index is -0.891. The third-order valence-electron chi connectivity index (χ3n) is 5.29. The number of aromatic nitrogens is 1. The van der Waals surface area contributed by atoms with Crippen molar-refractivity contribution in [1.82, 2.24) is 10.5 Å². The van der Waals surface area contributed by atoms with Crippen LogP contribution in [0.15, 0.2) is 39.7 Å². The van der Waals surface area contributed by atoms with Crippen LogP contribution in [0.4, 0.5) is 15.6 Å². The van der Waals surface area contributed by atoms with Gasteiger partial charge in [0.2, 0.25) is 6.23 Å². The molecule has 2 aromatic rings. The molecule has 170 valence electrons. The highest BCUT2D eigenvalue weighted by molar-refractivity contribution is 8.01. The van der Waals surface area contributed by atoms with Gasteiger partial charge in [-0.3, -0.25) is 20.5 Å². The molecule has 2 amide bonds. The summed E-state index contributed by atoms with van der Waals surface area (Å²) in [6, 6.07) is 7.40. The first-order valence-electron chi connectivity index (χ1n) is 10.4. The smallest absolute Gasteiger partial charge is 0.328 e. The van der Waals surface area contributed by atoms with Gasteiger partial charge in [-0.25, -0.2) is 19.6 Å². The minimum absolute atomic E-state index is 0.0454. The van der Waals surface area contributed by atoms with Crippen molar-refractivity contribution >= 4 is 51.8 Å². The molecular formula is C21H25N5O4S2. The summed E-state index contributed by atoms with van der Waals surface area (Å²) in [7, 11) is 0. The third-order valence-corrected chi connectivity index (χ3v) is 7.39. The Bertz CT molecular complexity index is 1010. The number of anilines is 2. The number of carboxylic acid groups (broad SMARTS) is 1. The molecule has 1 aliphatic heterocycles. The van der Waals surface area contributed by atoms with E-state index in [9.17, 15) is 9.59 Å². The van der Waals surface area contributed by atoms with Crippen molar-refractivity contribution in [2.45, 2.75) is 43.0 Å². The predicted molar refractivity (Wildman–Crippen MR) is 125 cm³/mol. The monoisotopic (exact) mass is 475 g/mol. The number of carbonyl (C=O) groups is 2. The van der Waals surface area contributed by atoms with Crippen molar-refractivity contribution in [3.63, 3.8) is 0 Å². The molecule has 1 saturated carbocycles. The highest BCUT2D eigenvalue weighted by Crippen LogP contribution is 2.32. The molecule has 1 aromatic heterocycles. The van der Waals surface area contributed by atoms with Crippen molar-refractivity contribution in [2.24, 2.45) is 10.9 Å². The SMILES string of the molecule is CC1=NC(c2cccc(N(CC3CCCC3)C(=O)Nc3ncc(SCC(=O)O)s3)c2)ON1. The fourth-order valence-electron chi connectivity index (χ4n) is 3.79. The van der Waals surface area contributed by atoms with Crippen LogP contribution in [0.1, 0.15) is 44.4 Å². The van der Waals surface area contributed by atoms with E-state index >= 15 is 0 Å². The Hall–Kier alpha value is -2.63. The van der Waals surface area contributed by atoms with Crippen LogP contribution in [0.2, 0.25) is 0 Å². The van der Waals surface area contributed by atoms with Crippen molar-refractivity contribution in [1.29, 1.82) is 0 Å². The molecular weight excluding hydrogens is 450 g/mol. The number of hydrogen-bond acceptors (Lipinski definition) is 8. The Morgan fingerprint density at radius 1 is 1.38 bits per heavy atom. The van der Waals surface area contributed by atoms with E-state index in [0.29, 0.717) is 23.4 Å². The number of urea groups is 1. The molecule has 3 N–H and O–H groups in total. The van der Waals surface area contributed by atoms with E-state index in [1.165, 1.54) is 35.9 Å². The van der Waals surface area contributed by atoms with Gasteiger partial charge in [0, 0.05) is 17.8 Å². The van der Waals surface area contributed by atoms with Gasteiger partial charge < -0.3 is 5.11 Å². The summed E-state index contributed by atoms with van der Waals surface area (Å²) in [5, 5.41) is 12.2. The molecule has 9 nitrogen and oxygen atoms in total. The number of aliphatic carboxylic acids is 1. The third kappa shape index (κ3) is 5.78. The van der Waals surface area contributed by atoms with Crippen molar-refractivity contribution < 1.29 is 19.5 Å². The van der Waals surface area contributed by atoms with Crippen LogP contribution >= 0.6 is 23.1 Å². The second-order valence-corrected chi connectivity index (χ2v) is 10.0. The lowest BCUT2D eigenvalue weighted by Gasteiger charge is -2.26. The molecule has 32 heavy (non-hydrogen) atoms. The molecule has 0 bridgehead atoms. The zero-order valence-electron chi connectivity index (χ0n) is 17.6. The fraction of sp³-hybridized carbons (Fsp3) is 0.429. The van der Waals surface area contributed by atoms with E-state index in [-0.39, 0.29) is 11.8 Å². The molecule has 2 heterocycles. The lowest BCUT2D eigenvalue weighted by Crippen LogP contribution is -2.38. The zero-order valence-corrected chi connectivity index (χ0v) is 19.2. The van der Waals surface area contributed by atoms with Crippen LogP contribution in [-0.4, -0.2) is 40.2 Å². The second-order valence-electron chi connectivity index (χ2n) is 7.74. The van der Waals surface area contributed by atoms with Gasteiger partial charge in [0.05, 0.1) is 16.2 Å². The van der Waals surface area contributed by atoms with Crippen molar-refractivity contribution in [2.75, 3.05) is 22.5 Å². The van der Waals surface area contributed by atoms with E-state index in [1.807, 2.05) is 31.2 Å². The predicted octanol–water partition coefficient (Wildman–Crippen LogP) is 4.50. The topological polar surface area (TPSA) is 116 Å². The standard InChI is InChI=1S/C21H25N5O4S2/c1-13-23-19(30-25-13)15-7-4-8-16(9-15)26(11-14-5-2-3-6-14)21(29)24-20-22-10-18(32-20)31-12-17(27)28/h4,7-10,14,19H,2-3,5-6,11-12H2,1H3,(H,23,25)(H,27,28)(H,22,24,29). The number of carboxylic acids is 1. The molecule has 1 aromatic carbocycles. The van der Waals surface area contributed by atoms with Crippen LogP contribution in [0.5, 0.6) is 0 Å². The molecule has 11 heteroatoms. The number of amidine groups is 1. The van der Waals surface area contributed by atoms with Gasteiger partial charge >= 0.3 is 12.0 Å². The van der Waals surface area contributed by atoms with Crippen molar-refractivity contribution in [3.05, 3.63) is 36.0 Å². The summed E-state index contributed by atoms with van der Waals surface area (Å²) < 4.78 is 0.742. The van der Waals surface area contributed by atoms with Crippen LogP contribution in [0, 0.1) is 5.92 Å². The highest BCUT2D eigenvalue weighted by Gasteiger charge is 2.25. The summed E-state index contributed by atoms with van der Waals surface area (Å²) in [5.41, 5.74) is 4.39. The number of nitrogens with one attached hydrogen (secondary N) is 2. The number of thioether (sulfide) groups is 1. The summed E-state index contributed by atoms with van der Waals surface area (Å²) in [6.45, 7) is 2.45. The number of hydroxylamine groups is 1. The van der Waals surface area contributed by atoms with Gasteiger partial charge in [-0.2, -0.15) is 0 Å². The maximum atomic E-state index is 13.3. The average molecular weight is 476 g/mol. The number of rotatable bonds is 8. The van der Waals surface area contributed by atoms with E-state index in [4.69, 9.17) is 9.94 Å². The summed E-state index contributed by atoms with van der Waals surface area (Å²) >= 11 is 2.45. The number of aliphatic imine (C=N–C) groups is 1. The zero-order chi connectivity index (χ0) is 22.5. The Kier molecular flexibility index (Phi) is 7.28. The lowest BCUT2D eigenvalue weighted by molar-refractivity contribution is -0.133. The summed E-state index contributed by atoms with van der Waals surface area (Å²) in [5.74, 6) is 0.224. The molecule has 0 spiro atoms. The normalized spacial score (nSPS) is 18.3. The van der Waals surface area contributed by atoms with Crippen LogP contribution in [0.25, 0.3) is 0 Å². The Balaban J connectivity index is 1.51. The Morgan fingerprint density at radius 2 is 2.19 bits per heavy atom. The van der Waals surface area contributed by atoms with Gasteiger partial charge in [0.1, 0.15) is 5.84 Å². The largest absolute Gasteiger partial charge is 0.481 e. The molecule has 0 radical (unpaired) electrons. The number of nitrogens with zero attached hydrogens (tertiary/aromatic N) is 3. The first kappa shape index (κ1) is 22.6. The van der Waals surface area contributed by atoms with Gasteiger partial charge in [0.15, 0.2) is 5.13 Å². The number of carbonyl (C=O) groups excluding carboxylic acids is 1. The highest BCUT2D eigenvalue weighted by atomic mass is 32.2. The first-order valence-corrected chi connectivity index (χ1v) is 12.2. The molecule has 1 aliphatic carbocycles. The molecule has 1 unspecified atom stereocenters. The average Bonchev–Trinajstić information content (AvgIpc) is 3.53. The summed E-state index contributed by atoms with van der Waals surface area (Å²) in [4.78, 5) is 39.9. The van der Waals surface area contributed by atoms with Crippen molar-refractivity contribution in [3.8, 4) is 0 Å². The second kappa shape index (κ2) is 10.3. The van der Waals surface area contributed by atoms with Gasteiger partial charge in [0.25, 0.3) is 0 Å². The number of hydrogen-bond donors (Lipinski definition) is 3. The Labute approximate surface area is 194 Å². The molecule has 2 aliphatic rings. The fourth-order valence-corrected chi connectivity index (χ4v) is 5.37. The maximum Gasteiger partial charge on any atom is 0.328 e. The maximum absolute atomic E-state index is 13.3.